The van der Waals surface area contributed by atoms with Crippen LogP contribution in [0.5, 0.6) is 11.5 Å². The Kier molecular flexibility index (Phi) is 7.85. The van der Waals surface area contributed by atoms with Gasteiger partial charge >= 0.3 is 0 Å². The molecule has 2 aromatic carbocycles. The van der Waals surface area contributed by atoms with E-state index in [4.69, 9.17) is 26.1 Å². The summed E-state index contributed by atoms with van der Waals surface area (Å²) in [6.07, 6.45) is 2.41. The summed E-state index contributed by atoms with van der Waals surface area (Å²) in [5, 5.41) is 5.41. The van der Waals surface area contributed by atoms with Crippen molar-refractivity contribution in [3.63, 3.8) is 0 Å². The van der Waals surface area contributed by atoms with Crippen LogP contribution < -0.4 is 15.0 Å². The predicted octanol–water partition coefficient (Wildman–Crippen LogP) is 6.64. The summed E-state index contributed by atoms with van der Waals surface area (Å²) in [5.41, 5.74) is 1.07. The first kappa shape index (κ1) is 25.2. The standard InChI is InChI=1S/C25H29BrClN3O3/c1-7-15(2)23-29-20-9-8-17(26)12-18(20)24(31)30(23)28-13-16-10-19(27)22(21(11-16)32-6)33-14-25(3,4)5/h8-13,15H,7,14H2,1-6H3/t15-/m0/s1. The second-order valence-electron chi connectivity index (χ2n) is 9.19. The van der Waals surface area contributed by atoms with Gasteiger partial charge in [-0.15, -0.1) is 0 Å². The van der Waals surface area contributed by atoms with Gasteiger partial charge < -0.3 is 9.47 Å². The molecule has 0 fully saturated rings. The molecule has 176 valence electrons. The lowest BCUT2D eigenvalue weighted by molar-refractivity contribution is 0.191. The number of rotatable bonds is 7. The van der Waals surface area contributed by atoms with Gasteiger partial charge in [0.05, 0.1) is 35.9 Å². The third-order valence-corrected chi connectivity index (χ3v) is 5.88. The van der Waals surface area contributed by atoms with E-state index in [-0.39, 0.29) is 16.9 Å². The van der Waals surface area contributed by atoms with Gasteiger partial charge in [-0.2, -0.15) is 9.78 Å². The van der Waals surface area contributed by atoms with Crippen LogP contribution in [0.15, 0.2) is 44.7 Å². The molecule has 6 nitrogen and oxygen atoms in total. The molecule has 0 aliphatic carbocycles. The van der Waals surface area contributed by atoms with Crippen molar-refractivity contribution in [2.45, 2.75) is 47.0 Å². The van der Waals surface area contributed by atoms with Crippen LogP contribution in [-0.2, 0) is 0 Å². The maximum absolute atomic E-state index is 13.3. The number of halogens is 2. The van der Waals surface area contributed by atoms with Gasteiger partial charge in [0, 0.05) is 10.4 Å². The summed E-state index contributed by atoms with van der Waals surface area (Å²) < 4.78 is 13.6. The molecule has 8 heteroatoms. The Morgan fingerprint density at radius 1 is 1.27 bits per heavy atom. The Morgan fingerprint density at radius 2 is 2.00 bits per heavy atom. The van der Waals surface area contributed by atoms with Crippen LogP contribution in [0.1, 0.15) is 58.3 Å². The molecule has 0 saturated heterocycles. The zero-order valence-electron chi connectivity index (χ0n) is 19.8. The topological polar surface area (TPSA) is 65.7 Å². The Hall–Kier alpha value is -2.38. The van der Waals surface area contributed by atoms with Gasteiger partial charge in [0.1, 0.15) is 5.82 Å². The second-order valence-corrected chi connectivity index (χ2v) is 10.5. The summed E-state index contributed by atoms with van der Waals surface area (Å²) in [6, 6.07) is 9.00. The van der Waals surface area contributed by atoms with Crippen LogP contribution in [-0.4, -0.2) is 29.6 Å². The van der Waals surface area contributed by atoms with E-state index < -0.39 is 0 Å². The van der Waals surface area contributed by atoms with Crippen LogP contribution in [0.2, 0.25) is 5.02 Å². The highest BCUT2D eigenvalue weighted by Crippen LogP contribution is 2.37. The van der Waals surface area contributed by atoms with Crippen LogP contribution in [0.25, 0.3) is 10.9 Å². The molecule has 0 spiro atoms. The van der Waals surface area contributed by atoms with E-state index in [1.54, 1.807) is 31.5 Å². The summed E-state index contributed by atoms with van der Waals surface area (Å²) in [5.74, 6) is 1.65. The molecule has 0 N–H and O–H groups in total. The number of hydrogen-bond acceptors (Lipinski definition) is 5. The summed E-state index contributed by atoms with van der Waals surface area (Å²) in [7, 11) is 1.56. The molecule has 0 radical (unpaired) electrons. The maximum Gasteiger partial charge on any atom is 0.282 e. The molecule has 0 bridgehead atoms. The molecule has 0 aliphatic rings. The van der Waals surface area contributed by atoms with Crippen molar-refractivity contribution in [2.75, 3.05) is 13.7 Å². The first-order chi connectivity index (χ1) is 15.5. The summed E-state index contributed by atoms with van der Waals surface area (Å²) in [4.78, 5) is 18.0. The van der Waals surface area contributed by atoms with E-state index in [0.717, 1.165) is 10.9 Å². The molecule has 0 saturated carbocycles. The molecule has 1 heterocycles. The SMILES string of the molecule is CC[C@H](C)c1nc2ccc(Br)cc2c(=O)n1N=Cc1cc(Cl)c(OCC(C)(C)C)c(OC)c1. The zero-order valence-corrected chi connectivity index (χ0v) is 22.1. The quantitative estimate of drug-likeness (QED) is 0.319. The minimum absolute atomic E-state index is 0.0277. The number of benzene rings is 2. The fraction of sp³-hybridized carbons (Fsp3) is 0.400. The number of nitrogens with zero attached hydrogens (tertiary/aromatic N) is 3. The summed E-state index contributed by atoms with van der Waals surface area (Å²) >= 11 is 9.93. The number of hydrogen-bond donors (Lipinski definition) is 0. The van der Waals surface area contributed by atoms with Crippen LogP contribution in [0.4, 0.5) is 0 Å². The Balaban J connectivity index is 2.07. The molecular formula is C25H29BrClN3O3. The number of aromatic nitrogens is 2. The fourth-order valence-corrected chi connectivity index (χ4v) is 3.78. The molecule has 33 heavy (non-hydrogen) atoms. The number of ether oxygens (including phenoxy) is 2. The zero-order chi connectivity index (χ0) is 24.3. The van der Waals surface area contributed by atoms with E-state index >= 15 is 0 Å². The van der Waals surface area contributed by atoms with Crippen molar-refractivity contribution in [3.05, 3.63) is 61.6 Å². The first-order valence-electron chi connectivity index (χ1n) is 10.8. The van der Waals surface area contributed by atoms with E-state index in [1.165, 1.54) is 4.68 Å². The van der Waals surface area contributed by atoms with Gasteiger partial charge in [0.25, 0.3) is 5.56 Å². The normalized spacial score (nSPS) is 13.0. The van der Waals surface area contributed by atoms with Crippen molar-refractivity contribution >= 4 is 44.6 Å². The largest absolute Gasteiger partial charge is 0.493 e. The Labute approximate surface area is 207 Å². The maximum atomic E-state index is 13.3. The highest BCUT2D eigenvalue weighted by molar-refractivity contribution is 9.10. The minimum atomic E-state index is -0.226. The second kappa shape index (κ2) is 10.3. The van der Waals surface area contributed by atoms with Crippen molar-refractivity contribution < 1.29 is 9.47 Å². The van der Waals surface area contributed by atoms with Crippen LogP contribution in [0.3, 0.4) is 0 Å². The molecule has 1 aromatic heterocycles. The monoisotopic (exact) mass is 533 g/mol. The first-order valence-corrected chi connectivity index (χ1v) is 12.0. The molecule has 0 aliphatic heterocycles. The number of fused-ring (bicyclic) bond motifs is 1. The van der Waals surface area contributed by atoms with Gasteiger partial charge in [-0.25, -0.2) is 4.98 Å². The third-order valence-electron chi connectivity index (χ3n) is 5.11. The van der Waals surface area contributed by atoms with E-state index in [0.29, 0.717) is 45.4 Å². The Bertz CT molecular complexity index is 1250. The Morgan fingerprint density at radius 3 is 2.64 bits per heavy atom. The predicted molar refractivity (Wildman–Crippen MR) is 138 cm³/mol. The van der Waals surface area contributed by atoms with Gasteiger partial charge in [0.2, 0.25) is 0 Å². The lowest BCUT2D eigenvalue weighted by atomic mass is 9.99. The van der Waals surface area contributed by atoms with Gasteiger partial charge in [0.15, 0.2) is 11.5 Å². The van der Waals surface area contributed by atoms with Crippen molar-refractivity contribution in [2.24, 2.45) is 10.5 Å². The smallest absolute Gasteiger partial charge is 0.282 e. The average Bonchev–Trinajstić information content (AvgIpc) is 2.76. The molecule has 0 unspecified atom stereocenters. The van der Waals surface area contributed by atoms with Crippen LogP contribution >= 0.6 is 27.5 Å². The lowest BCUT2D eigenvalue weighted by Crippen LogP contribution is -2.23. The molecular weight excluding hydrogens is 506 g/mol. The van der Waals surface area contributed by atoms with E-state index in [2.05, 4.69) is 48.7 Å². The van der Waals surface area contributed by atoms with Gasteiger partial charge in [-0.05, 0) is 47.7 Å². The molecule has 3 aromatic rings. The average molecular weight is 535 g/mol. The van der Waals surface area contributed by atoms with Crippen molar-refractivity contribution in [1.29, 1.82) is 0 Å². The number of methoxy groups -OCH3 is 1. The van der Waals surface area contributed by atoms with E-state index in [1.807, 2.05) is 19.1 Å². The highest BCUT2D eigenvalue weighted by atomic mass is 79.9. The van der Waals surface area contributed by atoms with E-state index in [9.17, 15) is 4.79 Å². The fourth-order valence-electron chi connectivity index (χ4n) is 3.15. The third kappa shape index (κ3) is 5.95. The van der Waals surface area contributed by atoms with Gasteiger partial charge in [-0.1, -0.05) is 62.1 Å². The molecule has 1 atom stereocenters. The van der Waals surface area contributed by atoms with Gasteiger partial charge in [-0.3, -0.25) is 4.79 Å². The highest BCUT2D eigenvalue weighted by Gasteiger charge is 2.18. The lowest BCUT2D eigenvalue weighted by Gasteiger charge is -2.21. The summed E-state index contributed by atoms with van der Waals surface area (Å²) in [6.45, 7) is 10.8. The van der Waals surface area contributed by atoms with Crippen LogP contribution in [0, 0.1) is 5.41 Å². The molecule has 3 rings (SSSR count). The molecule has 0 amide bonds. The van der Waals surface area contributed by atoms with Crippen molar-refractivity contribution in [1.82, 2.24) is 9.66 Å². The van der Waals surface area contributed by atoms with Crippen molar-refractivity contribution in [3.8, 4) is 11.5 Å². The minimum Gasteiger partial charge on any atom is -0.493 e.